The van der Waals surface area contributed by atoms with Crippen molar-refractivity contribution in [3.63, 3.8) is 0 Å². The molecule has 0 saturated heterocycles. The van der Waals surface area contributed by atoms with Gasteiger partial charge in [-0.25, -0.2) is 0 Å². The Hall–Kier alpha value is -1.82. The second kappa shape index (κ2) is 5.66. The summed E-state index contributed by atoms with van der Waals surface area (Å²) in [4.78, 5) is 0. The maximum Gasteiger partial charge on any atom is -0.00528 e. The van der Waals surface area contributed by atoms with E-state index in [1.165, 1.54) is 24.0 Å². The summed E-state index contributed by atoms with van der Waals surface area (Å²) in [6.07, 6.45) is 2.38. The van der Waals surface area contributed by atoms with Gasteiger partial charge >= 0.3 is 0 Å². The van der Waals surface area contributed by atoms with Crippen LogP contribution in [0.3, 0.4) is 0 Å². The van der Waals surface area contributed by atoms with E-state index in [0.29, 0.717) is 11.8 Å². The Morgan fingerprint density at radius 2 is 0.950 bits per heavy atom. The van der Waals surface area contributed by atoms with Gasteiger partial charge in [0.25, 0.3) is 0 Å². The van der Waals surface area contributed by atoms with Crippen molar-refractivity contribution in [2.45, 2.75) is 38.5 Å². The molecule has 3 rings (SSSR count). The monoisotopic (exact) mass is 262 g/mol. The van der Waals surface area contributed by atoms with E-state index >= 15 is 0 Å². The summed E-state index contributed by atoms with van der Waals surface area (Å²) < 4.78 is 0. The lowest BCUT2D eigenvalue weighted by Gasteiger charge is -2.34. The van der Waals surface area contributed by atoms with E-state index in [1.54, 1.807) is 11.1 Å². The smallest absolute Gasteiger partial charge is 0.00528 e. The predicted octanol–water partition coefficient (Wildman–Crippen LogP) is 5.68. The van der Waals surface area contributed by atoms with Gasteiger partial charge in [0.1, 0.15) is 0 Å². The summed E-state index contributed by atoms with van der Waals surface area (Å²) in [6, 6.07) is 22.0. The topological polar surface area (TPSA) is 0 Å². The Kier molecular flexibility index (Phi) is 3.73. The summed E-state index contributed by atoms with van der Waals surface area (Å²) in [5.74, 6) is 1.23. The molecule has 0 bridgehead atoms. The number of hydrogen-bond acceptors (Lipinski definition) is 0. The first kappa shape index (κ1) is 13.2. The van der Waals surface area contributed by atoms with Gasteiger partial charge in [-0.3, -0.25) is 0 Å². The highest BCUT2D eigenvalue weighted by Gasteiger charge is 2.29. The fraction of sp³-hybridized carbons (Fsp3) is 0.300. The minimum absolute atomic E-state index is 0.613. The molecule has 0 aliphatic heterocycles. The maximum absolute atomic E-state index is 2.30. The molecule has 2 aromatic carbocycles. The zero-order valence-electron chi connectivity index (χ0n) is 12.3. The number of rotatable bonds is 2. The second-order valence-corrected chi connectivity index (χ2v) is 6.00. The van der Waals surface area contributed by atoms with Gasteiger partial charge in [-0.2, -0.15) is 0 Å². The van der Waals surface area contributed by atoms with Crippen molar-refractivity contribution in [1.82, 2.24) is 0 Å². The zero-order valence-corrected chi connectivity index (χ0v) is 12.3. The third-order valence-corrected chi connectivity index (χ3v) is 4.72. The third kappa shape index (κ3) is 2.56. The average molecular weight is 262 g/mol. The van der Waals surface area contributed by atoms with Gasteiger partial charge in [-0.05, 0) is 49.7 Å². The van der Waals surface area contributed by atoms with Crippen LogP contribution < -0.4 is 0 Å². The Morgan fingerprint density at radius 3 is 1.30 bits per heavy atom. The molecule has 1 aliphatic carbocycles. The number of allylic oxidation sites excluding steroid dienone is 2. The van der Waals surface area contributed by atoms with Crippen molar-refractivity contribution in [2.75, 3.05) is 0 Å². The van der Waals surface area contributed by atoms with E-state index in [4.69, 9.17) is 0 Å². The molecule has 20 heavy (non-hydrogen) atoms. The Balaban J connectivity index is 2.01. The van der Waals surface area contributed by atoms with E-state index in [2.05, 4.69) is 74.5 Å². The van der Waals surface area contributed by atoms with E-state index in [0.717, 1.165) is 0 Å². The SMILES string of the molecule is CC1=C(C)C[C@H](c2ccccc2)[C@@H](c2ccccc2)C1. The zero-order chi connectivity index (χ0) is 13.9. The van der Waals surface area contributed by atoms with Crippen molar-refractivity contribution >= 4 is 0 Å². The fourth-order valence-electron chi connectivity index (χ4n) is 3.39. The molecule has 0 nitrogen and oxygen atoms in total. The van der Waals surface area contributed by atoms with Crippen LogP contribution in [0.5, 0.6) is 0 Å². The molecule has 0 spiro atoms. The maximum atomic E-state index is 2.30. The van der Waals surface area contributed by atoms with Gasteiger partial charge in [0.15, 0.2) is 0 Å². The Morgan fingerprint density at radius 1 is 0.600 bits per heavy atom. The largest absolute Gasteiger partial charge is 0.0737 e. The fourth-order valence-corrected chi connectivity index (χ4v) is 3.39. The molecule has 0 unspecified atom stereocenters. The molecular weight excluding hydrogens is 240 g/mol. The third-order valence-electron chi connectivity index (χ3n) is 4.72. The first-order valence-electron chi connectivity index (χ1n) is 7.51. The molecule has 0 heteroatoms. The van der Waals surface area contributed by atoms with Crippen LogP contribution in [-0.2, 0) is 0 Å². The van der Waals surface area contributed by atoms with Gasteiger partial charge in [-0.15, -0.1) is 0 Å². The van der Waals surface area contributed by atoms with Crippen LogP contribution >= 0.6 is 0 Å². The number of benzene rings is 2. The molecular formula is C20H22. The van der Waals surface area contributed by atoms with Crippen LogP contribution in [0.25, 0.3) is 0 Å². The molecule has 0 radical (unpaired) electrons. The van der Waals surface area contributed by atoms with Crippen LogP contribution in [0.15, 0.2) is 71.8 Å². The molecule has 102 valence electrons. The van der Waals surface area contributed by atoms with Gasteiger partial charge in [0, 0.05) is 0 Å². The van der Waals surface area contributed by atoms with Gasteiger partial charge in [0.2, 0.25) is 0 Å². The second-order valence-electron chi connectivity index (χ2n) is 6.00. The highest BCUT2D eigenvalue weighted by Crippen LogP contribution is 2.45. The molecule has 0 fully saturated rings. The molecule has 0 N–H and O–H groups in total. The van der Waals surface area contributed by atoms with Crippen LogP contribution in [0.1, 0.15) is 49.7 Å². The summed E-state index contributed by atoms with van der Waals surface area (Å²) in [6.45, 7) is 4.60. The lowest BCUT2D eigenvalue weighted by atomic mass is 9.70. The summed E-state index contributed by atoms with van der Waals surface area (Å²) >= 11 is 0. The highest BCUT2D eigenvalue weighted by molar-refractivity contribution is 5.35. The van der Waals surface area contributed by atoms with Crippen molar-refractivity contribution < 1.29 is 0 Å². The number of hydrogen-bond donors (Lipinski definition) is 0. The molecule has 0 aromatic heterocycles. The molecule has 1 aliphatic rings. The van der Waals surface area contributed by atoms with E-state index in [1.807, 2.05) is 0 Å². The van der Waals surface area contributed by atoms with Crippen molar-refractivity contribution in [1.29, 1.82) is 0 Å². The molecule has 2 aromatic rings. The molecule has 0 heterocycles. The van der Waals surface area contributed by atoms with Gasteiger partial charge in [-0.1, -0.05) is 71.8 Å². The first-order valence-corrected chi connectivity index (χ1v) is 7.51. The summed E-state index contributed by atoms with van der Waals surface area (Å²) in [7, 11) is 0. The standard InChI is InChI=1S/C20H22/c1-15-13-19(17-9-5-3-6-10-17)20(14-16(15)2)18-11-7-4-8-12-18/h3-12,19-20H,13-14H2,1-2H3/t19-,20-/m1/s1. The first-order chi connectivity index (χ1) is 9.75. The molecule has 2 atom stereocenters. The minimum atomic E-state index is 0.613. The van der Waals surface area contributed by atoms with E-state index in [9.17, 15) is 0 Å². The van der Waals surface area contributed by atoms with Gasteiger partial charge < -0.3 is 0 Å². The lowest BCUT2D eigenvalue weighted by Crippen LogP contribution is -2.17. The van der Waals surface area contributed by atoms with Gasteiger partial charge in [0.05, 0.1) is 0 Å². The quantitative estimate of drug-likeness (QED) is 0.610. The summed E-state index contributed by atoms with van der Waals surface area (Å²) in [5.41, 5.74) is 6.11. The van der Waals surface area contributed by atoms with Crippen molar-refractivity contribution in [3.8, 4) is 0 Å². The van der Waals surface area contributed by atoms with Crippen LogP contribution in [0.4, 0.5) is 0 Å². The van der Waals surface area contributed by atoms with Crippen LogP contribution in [0.2, 0.25) is 0 Å². The Bertz CT molecular complexity index is 537. The lowest BCUT2D eigenvalue weighted by molar-refractivity contribution is 0.496. The Labute approximate surface area is 122 Å². The van der Waals surface area contributed by atoms with Crippen molar-refractivity contribution in [2.24, 2.45) is 0 Å². The molecule has 0 saturated carbocycles. The van der Waals surface area contributed by atoms with E-state index < -0.39 is 0 Å². The normalized spacial score (nSPS) is 22.9. The van der Waals surface area contributed by atoms with Crippen molar-refractivity contribution in [3.05, 3.63) is 82.9 Å². The molecule has 0 amide bonds. The average Bonchev–Trinajstić information content (AvgIpc) is 2.51. The van der Waals surface area contributed by atoms with E-state index in [-0.39, 0.29) is 0 Å². The van der Waals surface area contributed by atoms with Crippen LogP contribution in [0, 0.1) is 0 Å². The minimum Gasteiger partial charge on any atom is -0.0737 e. The van der Waals surface area contributed by atoms with Crippen LogP contribution in [-0.4, -0.2) is 0 Å². The predicted molar refractivity (Wildman–Crippen MR) is 86.0 cm³/mol. The highest BCUT2D eigenvalue weighted by atomic mass is 14.3. The summed E-state index contributed by atoms with van der Waals surface area (Å²) in [5, 5.41) is 0.